The molecule has 0 fully saturated rings. The number of carbonyl (C=O) groups excluding carboxylic acids is 1. The zero-order valence-corrected chi connectivity index (χ0v) is 16.7. The van der Waals surface area contributed by atoms with Crippen molar-refractivity contribution in [3.8, 4) is 22.8 Å². The Labute approximate surface area is 169 Å². The first-order chi connectivity index (χ1) is 14.0. The van der Waals surface area contributed by atoms with Crippen LogP contribution in [0.2, 0.25) is 0 Å². The maximum absolute atomic E-state index is 12.2. The Morgan fingerprint density at radius 2 is 2.10 bits per heavy atom. The van der Waals surface area contributed by atoms with Gasteiger partial charge in [0.05, 0.1) is 25.1 Å². The molecule has 7 heteroatoms. The highest BCUT2D eigenvalue weighted by Gasteiger charge is 2.15. The maximum atomic E-state index is 12.2. The van der Waals surface area contributed by atoms with Crippen molar-refractivity contribution in [2.24, 2.45) is 7.05 Å². The molecule has 29 heavy (non-hydrogen) atoms. The van der Waals surface area contributed by atoms with Crippen molar-refractivity contribution < 1.29 is 19.0 Å². The molecule has 1 aliphatic heterocycles. The van der Waals surface area contributed by atoms with E-state index in [1.54, 1.807) is 17.9 Å². The summed E-state index contributed by atoms with van der Waals surface area (Å²) in [5, 5.41) is 7.29. The first-order valence-corrected chi connectivity index (χ1v) is 9.41. The molecule has 1 N–H and O–H groups in total. The van der Waals surface area contributed by atoms with Crippen molar-refractivity contribution in [2.45, 2.75) is 20.0 Å². The lowest BCUT2D eigenvalue weighted by Crippen LogP contribution is -2.14. The van der Waals surface area contributed by atoms with E-state index in [0.717, 1.165) is 46.0 Å². The molecule has 7 nitrogen and oxygen atoms in total. The number of carbonyl (C=O) groups is 1. The molecular formula is C22H23N3O4. The van der Waals surface area contributed by atoms with Gasteiger partial charge in [-0.2, -0.15) is 5.10 Å². The SMILES string of the molecule is COc1cc(C)ccc1-c1cc(COC(=O)Nc2ccc3c(c2)CCO3)n(C)n1. The van der Waals surface area contributed by atoms with E-state index in [2.05, 4.69) is 10.4 Å². The minimum Gasteiger partial charge on any atom is -0.496 e. The fourth-order valence-electron chi connectivity index (χ4n) is 3.34. The lowest BCUT2D eigenvalue weighted by molar-refractivity contribution is 0.152. The Hall–Kier alpha value is -3.48. The molecule has 0 saturated carbocycles. The first kappa shape index (κ1) is 18.9. The van der Waals surface area contributed by atoms with Gasteiger partial charge < -0.3 is 14.2 Å². The molecule has 1 amide bonds. The van der Waals surface area contributed by atoms with E-state index < -0.39 is 6.09 Å². The van der Waals surface area contributed by atoms with E-state index in [-0.39, 0.29) is 6.61 Å². The molecule has 3 aromatic rings. The third-order valence-corrected chi connectivity index (χ3v) is 4.90. The number of rotatable bonds is 5. The smallest absolute Gasteiger partial charge is 0.412 e. The van der Waals surface area contributed by atoms with Gasteiger partial charge in [0.15, 0.2) is 0 Å². The summed E-state index contributed by atoms with van der Waals surface area (Å²) in [7, 11) is 3.46. The number of fused-ring (bicyclic) bond motifs is 1. The summed E-state index contributed by atoms with van der Waals surface area (Å²) in [6.45, 7) is 2.80. The van der Waals surface area contributed by atoms with Crippen LogP contribution in [0.1, 0.15) is 16.8 Å². The van der Waals surface area contributed by atoms with Gasteiger partial charge in [-0.1, -0.05) is 6.07 Å². The summed E-state index contributed by atoms with van der Waals surface area (Å²) in [6, 6.07) is 13.4. The van der Waals surface area contributed by atoms with Gasteiger partial charge in [-0.25, -0.2) is 4.79 Å². The van der Waals surface area contributed by atoms with Crippen molar-refractivity contribution in [3.63, 3.8) is 0 Å². The molecule has 0 saturated heterocycles. The number of ether oxygens (including phenoxy) is 3. The van der Waals surface area contributed by atoms with Crippen LogP contribution in [-0.2, 0) is 24.8 Å². The van der Waals surface area contributed by atoms with Crippen LogP contribution < -0.4 is 14.8 Å². The lowest BCUT2D eigenvalue weighted by atomic mass is 10.1. The summed E-state index contributed by atoms with van der Waals surface area (Å²) < 4.78 is 18.0. The third-order valence-electron chi connectivity index (χ3n) is 4.90. The minimum absolute atomic E-state index is 0.109. The van der Waals surface area contributed by atoms with Gasteiger partial charge in [0.1, 0.15) is 18.1 Å². The van der Waals surface area contributed by atoms with Crippen molar-refractivity contribution in [1.82, 2.24) is 9.78 Å². The topological polar surface area (TPSA) is 74.6 Å². The fourth-order valence-corrected chi connectivity index (χ4v) is 3.34. The van der Waals surface area contributed by atoms with E-state index in [4.69, 9.17) is 14.2 Å². The molecule has 4 rings (SSSR count). The third kappa shape index (κ3) is 4.03. The van der Waals surface area contributed by atoms with E-state index in [9.17, 15) is 4.79 Å². The highest BCUT2D eigenvalue weighted by atomic mass is 16.5. The van der Waals surface area contributed by atoms with Crippen LogP contribution in [0.3, 0.4) is 0 Å². The second-order valence-corrected chi connectivity index (χ2v) is 6.97. The number of aromatic nitrogens is 2. The minimum atomic E-state index is -0.514. The Balaban J connectivity index is 1.42. The van der Waals surface area contributed by atoms with Crippen LogP contribution in [0.15, 0.2) is 42.5 Å². The van der Waals surface area contributed by atoms with Crippen molar-refractivity contribution in [3.05, 3.63) is 59.3 Å². The van der Waals surface area contributed by atoms with Crippen LogP contribution in [0.4, 0.5) is 10.5 Å². The number of nitrogens with one attached hydrogen (secondary N) is 1. The van der Waals surface area contributed by atoms with Gasteiger partial charge >= 0.3 is 6.09 Å². The number of methoxy groups -OCH3 is 1. The molecule has 150 valence electrons. The fraction of sp³-hybridized carbons (Fsp3) is 0.273. The van der Waals surface area contributed by atoms with Crippen molar-refractivity contribution in [1.29, 1.82) is 0 Å². The van der Waals surface area contributed by atoms with Gasteiger partial charge in [0.25, 0.3) is 0 Å². The van der Waals surface area contributed by atoms with Gasteiger partial charge in [-0.05, 0) is 54.4 Å². The second-order valence-electron chi connectivity index (χ2n) is 6.97. The van der Waals surface area contributed by atoms with Gasteiger partial charge in [-0.3, -0.25) is 10.00 Å². The lowest BCUT2D eigenvalue weighted by Gasteiger charge is -2.08. The summed E-state index contributed by atoms with van der Waals surface area (Å²) >= 11 is 0. The monoisotopic (exact) mass is 393 g/mol. The summed E-state index contributed by atoms with van der Waals surface area (Å²) in [5.74, 6) is 1.63. The summed E-state index contributed by atoms with van der Waals surface area (Å²) in [5.41, 5.74) is 5.33. The molecular weight excluding hydrogens is 370 g/mol. The van der Waals surface area contributed by atoms with Crippen LogP contribution in [0.5, 0.6) is 11.5 Å². The van der Waals surface area contributed by atoms with Crippen LogP contribution in [-0.4, -0.2) is 29.6 Å². The zero-order valence-electron chi connectivity index (χ0n) is 16.7. The average Bonchev–Trinajstić information content (AvgIpc) is 3.32. The van der Waals surface area contributed by atoms with Crippen LogP contribution in [0.25, 0.3) is 11.3 Å². The Bertz CT molecular complexity index is 1060. The molecule has 0 unspecified atom stereocenters. The average molecular weight is 393 g/mol. The van der Waals surface area contributed by atoms with Crippen molar-refractivity contribution >= 4 is 11.8 Å². The van der Waals surface area contributed by atoms with Crippen LogP contribution in [0, 0.1) is 6.92 Å². The standard InChI is InChI=1S/C22H23N3O4/c1-14-4-6-18(21(10-14)27-3)19-12-17(25(2)24-19)13-29-22(26)23-16-5-7-20-15(11-16)8-9-28-20/h4-7,10-12H,8-9,13H2,1-3H3,(H,23,26). The number of amides is 1. The van der Waals surface area contributed by atoms with E-state index >= 15 is 0 Å². The predicted molar refractivity (Wildman–Crippen MR) is 109 cm³/mol. The van der Waals surface area contributed by atoms with E-state index in [0.29, 0.717) is 12.3 Å². The Kier molecular flexibility index (Phi) is 5.12. The number of anilines is 1. The molecule has 0 bridgehead atoms. The predicted octanol–water partition coefficient (Wildman–Crippen LogP) is 4.09. The summed E-state index contributed by atoms with van der Waals surface area (Å²) in [4.78, 5) is 12.2. The highest BCUT2D eigenvalue weighted by molar-refractivity contribution is 5.85. The quantitative estimate of drug-likeness (QED) is 0.707. The molecule has 2 heterocycles. The Morgan fingerprint density at radius 3 is 2.93 bits per heavy atom. The van der Waals surface area contributed by atoms with Gasteiger partial charge in [0.2, 0.25) is 0 Å². The van der Waals surface area contributed by atoms with E-state index in [1.165, 1.54) is 0 Å². The van der Waals surface area contributed by atoms with Gasteiger partial charge in [-0.15, -0.1) is 0 Å². The molecule has 1 aromatic heterocycles. The number of hydrogen-bond donors (Lipinski definition) is 1. The largest absolute Gasteiger partial charge is 0.496 e. The van der Waals surface area contributed by atoms with Gasteiger partial charge in [0, 0.05) is 24.7 Å². The van der Waals surface area contributed by atoms with Crippen LogP contribution >= 0.6 is 0 Å². The first-order valence-electron chi connectivity index (χ1n) is 9.41. The molecule has 2 aromatic carbocycles. The second kappa shape index (κ2) is 7.87. The molecule has 0 radical (unpaired) electrons. The number of aryl methyl sites for hydroxylation is 2. The summed E-state index contributed by atoms with van der Waals surface area (Å²) in [6.07, 6.45) is 0.333. The molecule has 0 aliphatic carbocycles. The molecule has 0 spiro atoms. The number of nitrogens with zero attached hydrogens (tertiary/aromatic N) is 2. The number of hydrogen-bond acceptors (Lipinski definition) is 5. The highest BCUT2D eigenvalue weighted by Crippen LogP contribution is 2.30. The Morgan fingerprint density at radius 1 is 1.24 bits per heavy atom. The molecule has 1 aliphatic rings. The normalized spacial score (nSPS) is 12.2. The zero-order chi connectivity index (χ0) is 20.4. The van der Waals surface area contributed by atoms with Crippen molar-refractivity contribution in [2.75, 3.05) is 19.0 Å². The molecule has 0 atom stereocenters. The van der Waals surface area contributed by atoms with E-state index in [1.807, 2.05) is 50.4 Å². The number of benzene rings is 2. The maximum Gasteiger partial charge on any atom is 0.412 e.